The molecule has 0 radical (unpaired) electrons. The minimum atomic E-state index is -0.0928. The van der Waals surface area contributed by atoms with Crippen LogP contribution >= 0.6 is 0 Å². The summed E-state index contributed by atoms with van der Waals surface area (Å²) in [7, 11) is 1.87. The fraction of sp³-hybridized carbons (Fsp3) is 0.542. The first-order valence-corrected chi connectivity index (χ1v) is 11.4. The number of aromatic nitrogens is 2. The Morgan fingerprint density at radius 2 is 1.88 bits per heavy atom. The lowest BCUT2D eigenvalue weighted by molar-refractivity contribution is -0.141. The molecular weight excluding hydrogens is 408 g/mol. The zero-order valence-corrected chi connectivity index (χ0v) is 18.7. The van der Waals surface area contributed by atoms with Gasteiger partial charge in [-0.15, -0.1) is 0 Å². The van der Waals surface area contributed by atoms with Gasteiger partial charge in [0.2, 0.25) is 11.8 Å². The molecule has 172 valence electrons. The predicted octanol–water partition coefficient (Wildman–Crippen LogP) is 1.90. The number of morpholine rings is 1. The van der Waals surface area contributed by atoms with Gasteiger partial charge < -0.3 is 19.3 Å². The van der Waals surface area contributed by atoms with Crippen molar-refractivity contribution in [3.63, 3.8) is 0 Å². The standard InChI is InChI=1S/C24H32N4O4/c1-26-17-19(16-25-26)7-8-23(29)28-10-9-22(32-21-5-3-2-4-6-21)20(18-28)15-24(30)27-11-13-31-14-12-27/h2-6,16-17,20,22H,7-15,18H2,1H3/t20-,22-/m0/s1. The van der Waals surface area contributed by atoms with E-state index in [9.17, 15) is 9.59 Å². The molecule has 2 atom stereocenters. The second-order valence-corrected chi connectivity index (χ2v) is 8.58. The molecular formula is C24H32N4O4. The Balaban J connectivity index is 1.39. The second-order valence-electron chi connectivity index (χ2n) is 8.58. The van der Waals surface area contributed by atoms with Gasteiger partial charge in [-0.25, -0.2) is 0 Å². The van der Waals surface area contributed by atoms with Crippen LogP contribution in [-0.4, -0.2) is 76.9 Å². The summed E-state index contributed by atoms with van der Waals surface area (Å²) in [6.07, 6.45) is 5.86. The van der Waals surface area contributed by atoms with Gasteiger partial charge in [0, 0.05) is 64.6 Å². The molecule has 2 aromatic rings. The number of carbonyl (C=O) groups is 2. The largest absolute Gasteiger partial charge is 0.490 e. The van der Waals surface area contributed by atoms with Crippen LogP contribution in [0.3, 0.4) is 0 Å². The van der Waals surface area contributed by atoms with Gasteiger partial charge in [0.1, 0.15) is 11.9 Å². The van der Waals surface area contributed by atoms with E-state index in [0.717, 1.165) is 11.3 Å². The monoisotopic (exact) mass is 440 g/mol. The number of piperidine rings is 1. The zero-order valence-electron chi connectivity index (χ0n) is 18.7. The van der Waals surface area contributed by atoms with Crippen LogP contribution in [0.5, 0.6) is 5.75 Å². The van der Waals surface area contributed by atoms with Crippen LogP contribution in [0.15, 0.2) is 42.7 Å². The van der Waals surface area contributed by atoms with Crippen LogP contribution in [-0.2, 0) is 27.8 Å². The van der Waals surface area contributed by atoms with E-state index in [4.69, 9.17) is 9.47 Å². The Kier molecular flexibility index (Phi) is 7.42. The SMILES string of the molecule is Cn1cc(CCC(=O)N2CC[C@H](Oc3ccccc3)[C@@H](CC(=O)N3CCOCC3)C2)cn1. The van der Waals surface area contributed by atoms with E-state index >= 15 is 0 Å². The van der Waals surface area contributed by atoms with Crippen LogP contribution in [0.2, 0.25) is 0 Å². The number of hydrogen-bond acceptors (Lipinski definition) is 5. The minimum absolute atomic E-state index is 0.0401. The maximum Gasteiger partial charge on any atom is 0.223 e. The minimum Gasteiger partial charge on any atom is -0.490 e. The van der Waals surface area contributed by atoms with Gasteiger partial charge in [0.05, 0.1) is 19.4 Å². The fourth-order valence-corrected chi connectivity index (χ4v) is 4.44. The molecule has 2 aliphatic rings. The maximum absolute atomic E-state index is 13.0. The zero-order chi connectivity index (χ0) is 22.3. The number of likely N-dealkylation sites (tertiary alicyclic amines) is 1. The van der Waals surface area contributed by atoms with Gasteiger partial charge in [-0.2, -0.15) is 5.10 Å². The van der Waals surface area contributed by atoms with Crippen LogP contribution in [0.25, 0.3) is 0 Å². The summed E-state index contributed by atoms with van der Waals surface area (Å²) < 4.78 is 13.4. The van der Waals surface area contributed by atoms with E-state index in [-0.39, 0.29) is 23.8 Å². The van der Waals surface area contributed by atoms with Crippen molar-refractivity contribution < 1.29 is 19.1 Å². The molecule has 1 aromatic heterocycles. The molecule has 3 heterocycles. The summed E-state index contributed by atoms with van der Waals surface area (Å²) in [5, 5.41) is 4.17. The molecule has 32 heavy (non-hydrogen) atoms. The van der Waals surface area contributed by atoms with E-state index in [2.05, 4.69) is 5.10 Å². The molecule has 0 bridgehead atoms. The number of rotatable bonds is 7. The van der Waals surface area contributed by atoms with Gasteiger partial charge in [-0.1, -0.05) is 18.2 Å². The smallest absolute Gasteiger partial charge is 0.223 e. The van der Waals surface area contributed by atoms with Crippen molar-refractivity contribution in [3.05, 3.63) is 48.3 Å². The highest BCUT2D eigenvalue weighted by Crippen LogP contribution is 2.27. The number of para-hydroxylation sites is 1. The highest BCUT2D eigenvalue weighted by Gasteiger charge is 2.35. The first kappa shape index (κ1) is 22.3. The molecule has 4 rings (SSSR count). The third kappa shape index (κ3) is 5.88. The van der Waals surface area contributed by atoms with Gasteiger partial charge in [-0.3, -0.25) is 14.3 Å². The third-order valence-corrected chi connectivity index (χ3v) is 6.23. The van der Waals surface area contributed by atoms with Gasteiger partial charge in [-0.05, 0) is 24.1 Å². The van der Waals surface area contributed by atoms with Crippen molar-refractivity contribution in [2.24, 2.45) is 13.0 Å². The molecule has 0 aliphatic carbocycles. The first-order valence-electron chi connectivity index (χ1n) is 11.4. The van der Waals surface area contributed by atoms with Gasteiger partial charge >= 0.3 is 0 Å². The van der Waals surface area contributed by atoms with Crippen LogP contribution in [0, 0.1) is 5.92 Å². The van der Waals surface area contributed by atoms with Crippen molar-refractivity contribution in [2.75, 3.05) is 39.4 Å². The number of amides is 2. The summed E-state index contributed by atoms with van der Waals surface area (Å²) in [5.74, 6) is 1.000. The van der Waals surface area contributed by atoms with Crippen LogP contribution < -0.4 is 4.74 Å². The number of aryl methyl sites for hydroxylation is 2. The number of benzene rings is 1. The lowest BCUT2D eigenvalue weighted by Crippen LogP contribution is -2.50. The van der Waals surface area contributed by atoms with Crippen LogP contribution in [0.4, 0.5) is 0 Å². The number of nitrogens with zero attached hydrogens (tertiary/aromatic N) is 4. The molecule has 0 spiro atoms. The second kappa shape index (κ2) is 10.6. The molecule has 1 aromatic carbocycles. The van der Waals surface area contributed by atoms with E-state index < -0.39 is 0 Å². The third-order valence-electron chi connectivity index (χ3n) is 6.23. The molecule has 0 unspecified atom stereocenters. The molecule has 8 heteroatoms. The normalized spacial score (nSPS) is 21.4. The lowest BCUT2D eigenvalue weighted by Gasteiger charge is -2.39. The Bertz CT molecular complexity index is 894. The molecule has 0 N–H and O–H groups in total. The molecule has 2 fully saturated rings. The van der Waals surface area contributed by atoms with Crippen molar-refractivity contribution in [2.45, 2.75) is 31.8 Å². The number of carbonyl (C=O) groups excluding carboxylic acids is 2. The number of hydrogen-bond donors (Lipinski definition) is 0. The summed E-state index contributed by atoms with van der Waals surface area (Å²) in [4.78, 5) is 29.6. The molecule has 2 aliphatic heterocycles. The first-order chi connectivity index (χ1) is 15.6. The summed E-state index contributed by atoms with van der Waals surface area (Å²) >= 11 is 0. The average molecular weight is 441 g/mol. The highest BCUT2D eigenvalue weighted by molar-refractivity contribution is 5.78. The van der Waals surface area contributed by atoms with E-state index in [0.29, 0.717) is 65.1 Å². The van der Waals surface area contributed by atoms with Crippen LogP contribution in [0.1, 0.15) is 24.8 Å². The van der Waals surface area contributed by atoms with Crippen molar-refractivity contribution in [3.8, 4) is 5.75 Å². The van der Waals surface area contributed by atoms with Crippen molar-refractivity contribution in [1.82, 2.24) is 19.6 Å². The molecule has 2 saturated heterocycles. The van der Waals surface area contributed by atoms with Crippen molar-refractivity contribution in [1.29, 1.82) is 0 Å². The Morgan fingerprint density at radius 3 is 2.59 bits per heavy atom. The average Bonchev–Trinajstić information content (AvgIpc) is 3.25. The maximum atomic E-state index is 13.0. The Labute approximate surface area is 189 Å². The quantitative estimate of drug-likeness (QED) is 0.657. The number of ether oxygens (including phenoxy) is 2. The van der Waals surface area contributed by atoms with E-state index in [1.54, 1.807) is 10.9 Å². The lowest BCUT2D eigenvalue weighted by atomic mass is 9.90. The van der Waals surface area contributed by atoms with E-state index in [1.165, 1.54) is 0 Å². The molecule has 0 saturated carbocycles. The summed E-state index contributed by atoms with van der Waals surface area (Å²) in [5.41, 5.74) is 1.06. The summed E-state index contributed by atoms with van der Waals surface area (Å²) in [6, 6.07) is 9.72. The summed E-state index contributed by atoms with van der Waals surface area (Å²) in [6.45, 7) is 3.61. The Morgan fingerprint density at radius 1 is 1.09 bits per heavy atom. The Hall–Kier alpha value is -2.87. The predicted molar refractivity (Wildman–Crippen MR) is 119 cm³/mol. The topological polar surface area (TPSA) is 76.9 Å². The van der Waals surface area contributed by atoms with Crippen molar-refractivity contribution >= 4 is 11.8 Å². The van der Waals surface area contributed by atoms with Gasteiger partial charge in [0.15, 0.2) is 0 Å². The molecule has 8 nitrogen and oxygen atoms in total. The van der Waals surface area contributed by atoms with E-state index in [1.807, 2.05) is 53.4 Å². The molecule has 2 amide bonds. The highest BCUT2D eigenvalue weighted by atomic mass is 16.5. The fourth-order valence-electron chi connectivity index (χ4n) is 4.44. The van der Waals surface area contributed by atoms with Gasteiger partial charge in [0.25, 0.3) is 0 Å².